The summed E-state index contributed by atoms with van der Waals surface area (Å²) in [6.07, 6.45) is 4.40. The fourth-order valence-corrected chi connectivity index (χ4v) is 2.48. The summed E-state index contributed by atoms with van der Waals surface area (Å²) in [5.74, 6) is -0.846. The monoisotopic (exact) mass is 240 g/mol. The maximum absolute atomic E-state index is 12.0. The zero-order chi connectivity index (χ0) is 13.0. The van der Waals surface area contributed by atoms with Gasteiger partial charge in [0.15, 0.2) is 0 Å². The Bertz CT molecular complexity index is 289. The second kappa shape index (κ2) is 6.15. The first-order valence-corrected chi connectivity index (χ1v) is 6.47. The van der Waals surface area contributed by atoms with E-state index in [-0.39, 0.29) is 23.7 Å². The number of nitrogens with one attached hydrogen (secondary N) is 1. The molecule has 0 heterocycles. The average molecular weight is 240 g/mol. The van der Waals surface area contributed by atoms with Crippen molar-refractivity contribution in [3.8, 4) is 0 Å². The highest BCUT2D eigenvalue weighted by Gasteiger charge is 2.32. The van der Waals surface area contributed by atoms with E-state index in [0.29, 0.717) is 6.04 Å². The van der Waals surface area contributed by atoms with Crippen molar-refractivity contribution in [3.05, 3.63) is 0 Å². The molecule has 1 fully saturated rings. The molecule has 0 aromatic heterocycles. The first kappa shape index (κ1) is 14.2. The van der Waals surface area contributed by atoms with Crippen LogP contribution in [-0.4, -0.2) is 42.8 Å². The van der Waals surface area contributed by atoms with Crippen LogP contribution in [0.3, 0.4) is 0 Å². The molecule has 2 unspecified atom stereocenters. The smallest absolute Gasteiger partial charge is 0.290 e. The molecule has 4 nitrogen and oxygen atoms in total. The predicted octanol–water partition coefficient (Wildman–Crippen LogP) is 1.20. The van der Waals surface area contributed by atoms with Crippen LogP contribution in [0.5, 0.6) is 0 Å². The summed E-state index contributed by atoms with van der Waals surface area (Å²) in [7, 11) is 3.68. The molecule has 17 heavy (non-hydrogen) atoms. The number of hydrogen-bond donors (Lipinski definition) is 1. The van der Waals surface area contributed by atoms with Crippen molar-refractivity contribution in [2.24, 2.45) is 5.92 Å². The lowest BCUT2D eigenvalue weighted by Crippen LogP contribution is -2.53. The van der Waals surface area contributed by atoms with Gasteiger partial charge in [0, 0.05) is 25.0 Å². The molecule has 0 aliphatic heterocycles. The summed E-state index contributed by atoms with van der Waals surface area (Å²) in [5.41, 5.74) is 0. The zero-order valence-corrected chi connectivity index (χ0v) is 11.3. The minimum Gasteiger partial charge on any atom is -0.335 e. The summed E-state index contributed by atoms with van der Waals surface area (Å²) in [6.45, 7) is 3.54. The third kappa shape index (κ3) is 3.28. The molecule has 1 N–H and O–H groups in total. The lowest BCUT2D eigenvalue weighted by atomic mass is 9.89. The van der Waals surface area contributed by atoms with Gasteiger partial charge in [-0.25, -0.2) is 0 Å². The van der Waals surface area contributed by atoms with E-state index in [9.17, 15) is 9.59 Å². The van der Waals surface area contributed by atoms with Crippen LogP contribution in [0.4, 0.5) is 0 Å². The normalized spacial score (nSPS) is 24.8. The van der Waals surface area contributed by atoms with Crippen LogP contribution in [0.2, 0.25) is 0 Å². The van der Waals surface area contributed by atoms with Gasteiger partial charge in [0.25, 0.3) is 5.91 Å². The van der Waals surface area contributed by atoms with Crippen molar-refractivity contribution >= 4 is 11.7 Å². The number of likely N-dealkylation sites (N-methyl/N-ethyl adjacent to an activating group) is 2. The lowest BCUT2D eigenvalue weighted by Gasteiger charge is -2.37. The Morgan fingerprint density at radius 2 is 1.82 bits per heavy atom. The molecule has 0 radical (unpaired) electrons. The van der Waals surface area contributed by atoms with E-state index in [2.05, 4.69) is 5.32 Å². The van der Waals surface area contributed by atoms with Gasteiger partial charge < -0.3 is 10.2 Å². The van der Waals surface area contributed by atoms with Crippen molar-refractivity contribution < 1.29 is 9.59 Å². The summed E-state index contributed by atoms with van der Waals surface area (Å²) >= 11 is 0. The molecule has 2 atom stereocenters. The Hall–Kier alpha value is -0.900. The quantitative estimate of drug-likeness (QED) is 0.751. The first-order valence-electron chi connectivity index (χ1n) is 6.47. The van der Waals surface area contributed by atoms with E-state index in [1.54, 1.807) is 25.8 Å². The van der Waals surface area contributed by atoms with Crippen LogP contribution < -0.4 is 5.32 Å². The number of nitrogens with zero attached hydrogens (tertiary/aromatic N) is 1. The molecule has 1 aliphatic carbocycles. The minimum absolute atomic E-state index is 0.156. The fraction of sp³-hybridized carbons (Fsp3) is 0.846. The topological polar surface area (TPSA) is 49.4 Å². The standard InChI is InChI=1S/C13H24N2O2/c1-9(2)12(16)13(17)15(4)11-8-6-5-7-10(11)14-3/h9-11,14H,5-8H2,1-4H3. The van der Waals surface area contributed by atoms with Crippen LogP contribution in [0.1, 0.15) is 39.5 Å². The highest BCUT2D eigenvalue weighted by molar-refractivity contribution is 6.36. The molecule has 1 rings (SSSR count). The van der Waals surface area contributed by atoms with E-state index < -0.39 is 0 Å². The molecule has 0 aromatic rings. The maximum Gasteiger partial charge on any atom is 0.290 e. The Morgan fingerprint density at radius 1 is 1.24 bits per heavy atom. The number of amides is 1. The lowest BCUT2D eigenvalue weighted by molar-refractivity contribution is -0.147. The Morgan fingerprint density at radius 3 is 2.35 bits per heavy atom. The molecule has 4 heteroatoms. The molecule has 1 saturated carbocycles. The molecular weight excluding hydrogens is 216 g/mol. The number of rotatable bonds is 4. The van der Waals surface area contributed by atoms with Gasteiger partial charge >= 0.3 is 0 Å². The second-order valence-corrected chi connectivity index (χ2v) is 5.18. The molecule has 0 saturated heterocycles. The van der Waals surface area contributed by atoms with Gasteiger partial charge in [0.2, 0.25) is 5.78 Å². The van der Waals surface area contributed by atoms with Crippen molar-refractivity contribution in [1.82, 2.24) is 10.2 Å². The largest absolute Gasteiger partial charge is 0.335 e. The number of Topliss-reactive ketones (excluding diaryl/α,β-unsaturated/α-hetero) is 1. The van der Waals surface area contributed by atoms with Crippen molar-refractivity contribution in [2.45, 2.75) is 51.6 Å². The zero-order valence-electron chi connectivity index (χ0n) is 11.3. The fourth-order valence-electron chi connectivity index (χ4n) is 2.48. The van der Waals surface area contributed by atoms with Gasteiger partial charge in [-0.2, -0.15) is 0 Å². The van der Waals surface area contributed by atoms with Crippen molar-refractivity contribution in [1.29, 1.82) is 0 Å². The molecular formula is C13H24N2O2. The Kier molecular flexibility index (Phi) is 5.12. The minimum atomic E-state index is -0.341. The number of carbonyl (C=O) groups is 2. The number of hydrogen-bond acceptors (Lipinski definition) is 3. The van der Waals surface area contributed by atoms with Gasteiger partial charge in [-0.05, 0) is 19.9 Å². The van der Waals surface area contributed by atoms with Crippen molar-refractivity contribution in [2.75, 3.05) is 14.1 Å². The third-order valence-electron chi connectivity index (χ3n) is 3.65. The predicted molar refractivity (Wildman–Crippen MR) is 67.7 cm³/mol. The number of carbonyl (C=O) groups excluding carboxylic acids is 2. The highest BCUT2D eigenvalue weighted by atomic mass is 16.2. The van der Waals surface area contributed by atoms with E-state index in [1.165, 1.54) is 6.42 Å². The summed E-state index contributed by atoms with van der Waals surface area (Å²) in [4.78, 5) is 25.3. The maximum atomic E-state index is 12.0. The van der Waals surface area contributed by atoms with Crippen LogP contribution in [0, 0.1) is 5.92 Å². The molecule has 1 aliphatic rings. The van der Waals surface area contributed by atoms with Gasteiger partial charge in [0.05, 0.1) is 0 Å². The van der Waals surface area contributed by atoms with Crippen LogP contribution in [0.25, 0.3) is 0 Å². The van der Waals surface area contributed by atoms with Crippen molar-refractivity contribution in [3.63, 3.8) is 0 Å². The van der Waals surface area contributed by atoms with Crippen LogP contribution in [0.15, 0.2) is 0 Å². The Balaban J connectivity index is 2.70. The van der Waals surface area contributed by atoms with E-state index in [4.69, 9.17) is 0 Å². The summed E-state index contributed by atoms with van der Waals surface area (Å²) < 4.78 is 0. The van der Waals surface area contributed by atoms with Gasteiger partial charge in [0.1, 0.15) is 0 Å². The summed E-state index contributed by atoms with van der Waals surface area (Å²) in [6, 6.07) is 0.474. The highest BCUT2D eigenvalue weighted by Crippen LogP contribution is 2.22. The molecule has 0 bridgehead atoms. The summed E-state index contributed by atoms with van der Waals surface area (Å²) in [5, 5.41) is 3.25. The number of ketones is 1. The Labute approximate surface area is 104 Å². The van der Waals surface area contributed by atoms with E-state index >= 15 is 0 Å². The molecule has 98 valence electrons. The molecule has 1 amide bonds. The molecule has 0 aromatic carbocycles. The van der Waals surface area contributed by atoms with Crippen LogP contribution >= 0.6 is 0 Å². The van der Waals surface area contributed by atoms with E-state index in [1.807, 2.05) is 7.05 Å². The first-order chi connectivity index (χ1) is 7.99. The third-order valence-corrected chi connectivity index (χ3v) is 3.65. The molecule has 0 spiro atoms. The SMILES string of the molecule is CNC1CCCCC1N(C)C(=O)C(=O)C(C)C. The average Bonchev–Trinajstić information content (AvgIpc) is 2.35. The second-order valence-electron chi connectivity index (χ2n) is 5.18. The van der Waals surface area contributed by atoms with Gasteiger partial charge in [-0.15, -0.1) is 0 Å². The van der Waals surface area contributed by atoms with Gasteiger partial charge in [-0.1, -0.05) is 26.7 Å². The van der Waals surface area contributed by atoms with Crippen LogP contribution in [-0.2, 0) is 9.59 Å². The van der Waals surface area contributed by atoms with Gasteiger partial charge in [-0.3, -0.25) is 9.59 Å². The van der Waals surface area contributed by atoms with E-state index in [0.717, 1.165) is 19.3 Å².